The van der Waals surface area contributed by atoms with Gasteiger partial charge in [-0.15, -0.1) is 0 Å². The van der Waals surface area contributed by atoms with Gasteiger partial charge < -0.3 is 14.2 Å². The monoisotopic (exact) mass is 400 g/mol. The summed E-state index contributed by atoms with van der Waals surface area (Å²) >= 11 is 1.50. The normalized spacial score (nSPS) is 12.1. The number of rotatable bonds is 9. The maximum atomic E-state index is 13.0. The lowest BCUT2D eigenvalue weighted by molar-refractivity contribution is 0.156. The topological polar surface area (TPSA) is 62.6 Å². The molecule has 1 heterocycles. The molecule has 1 atom stereocenters. The van der Waals surface area contributed by atoms with Crippen LogP contribution in [0.1, 0.15) is 13.0 Å². The molecule has 0 fully saturated rings. The van der Waals surface area contributed by atoms with E-state index < -0.39 is 0 Å². The molecule has 3 aromatic rings. The van der Waals surface area contributed by atoms with Crippen molar-refractivity contribution >= 4 is 22.7 Å². The highest BCUT2D eigenvalue weighted by Crippen LogP contribution is 2.22. The van der Waals surface area contributed by atoms with Crippen molar-refractivity contribution in [3.05, 3.63) is 58.9 Å². The Morgan fingerprint density at radius 3 is 2.50 bits per heavy atom. The van der Waals surface area contributed by atoms with Crippen molar-refractivity contribution in [1.82, 2.24) is 9.55 Å². The molecule has 6 nitrogen and oxygen atoms in total. The van der Waals surface area contributed by atoms with E-state index in [1.165, 1.54) is 11.8 Å². The first kappa shape index (κ1) is 20.2. The second-order valence-electron chi connectivity index (χ2n) is 6.26. The Hall–Kier alpha value is -2.51. The van der Waals surface area contributed by atoms with Gasteiger partial charge in [-0.05, 0) is 43.3 Å². The van der Waals surface area contributed by atoms with Gasteiger partial charge in [0, 0.05) is 12.9 Å². The van der Waals surface area contributed by atoms with E-state index in [4.69, 9.17) is 19.2 Å². The minimum atomic E-state index is -0.111. The van der Waals surface area contributed by atoms with Crippen molar-refractivity contribution in [3.63, 3.8) is 0 Å². The molecule has 0 unspecified atom stereocenters. The molecular weight excluding hydrogens is 376 g/mol. The lowest BCUT2D eigenvalue weighted by Gasteiger charge is -2.19. The largest absolute Gasteiger partial charge is 0.497 e. The summed E-state index contributed by atoms with van der Waals surface area (Å²) in [6, 6.07) is 14.8. The maximum Gasteiger partial charge on any atom is 0.262 e. The van der Waals surface area contributed by atoms with Crippen LogP contribution in [0.3, 0.4) is 0 Å². The third-order valence-electron chi connectivity index (χ3n) is 4.27. The molecule has 0 aliphatic rings. The molecule has 0 saturated heterocycles. The molecule has 0 N–H and O–H groups in total. The minimum Gasteiger partial charge on any atom is -0.497 e. The second kappa shape index (κ2) is 9.61. The van der Waals surface area contributed by atoms with Gasteiger partial charge in [0.1, 0.15) is 11.5 Å². The van der Waals surface area contributed by atoms with Crippen molar-refractivity contribution < 1.29 is 14.2 Å². The first-order chi connectivity index (χ1) is 13.6. The smallest absolute Gasteiger partial charge is 0.262 e. The van der Waals surface area contributed by atoms with Gasteiger partial charge in [0.05, 0.1) is 37.3 Å². The number of nitrogens with zero attached hydrogens (tertiary/aromatic N) is 2. The molecule has 2 aromatic carbocycles. The van der Waals surface area contributed by atoms with Crippen LogP contribution in [-0.2, 0) is 4.74 Å². The Labute approximate surface area is 168 Å². The van der Waals surface area contributed by atoms with Crippen LogP contribution < -0.4 is 15.0 Å². The third kappa shape index (κ3) is 4.66. The molecule has 0 bridgehead atoms. The predicted molar refractivity (Wildman–Crippen MR) is 112 cm³/mol. The summed E-state index contributed by atoms with van der Waals surface area (Å²) in [6.45, 7) is 2.90. The summed E-state index contributed by atoms with van der Waals surface area (Å²) in [5.74, 6) is 2.23. The Balaban J connectivity index is 1.75. The van der Waals surface area contributed by atoms with E-state index in [-0.39, 0.29) is 11.6 Å². The number of methoxy groups -OCH3 is 2. The van der Waals surface area contributed by atoms with Gasteiger partial charge in [-0.3, -0.25) is 9.36 Å². The van der Waals surface area contributed by atoms with E-state index in [0.717, 1.165) is 11.5 Å². The Bertz CT molecular complexity index is 972. The highest BCUT2D eigenvalue weighted by Gasteiger charge is 2.16. The average molecular weight is 401 g/mol. The molecule has 148 valence electrons. The van der Waals surface area contributed by atoms with Crippen molar-refractivity contribution in [3.8, 4) is 11.5 Å². The molecule has 0 radical (unpaired) electrons. The summed E-state index contributed by atoms with van der Waals surface area (Å²) in [4.78, 5) is 17.7. The Kier molecular flexibility index (Phi) is 6.95. The van der Waals surface area contributed by atoms with Gasteiger partial charge in [-0.25, -0.2) is 4.98 Å². The summed E-state index contributed by atoms with van der Waals surface area (Å²) in [6.07, 6.45) is 0. The number of thioether (sulfide) groups is 1. The second-order valence-corrected chi connectivity index (χ2v) is 7.33. The number of benzene rings is 2. The number of hydrogen-bond donors (Lipinski definition) is 0. The molecular formula is C21H24N2O4S. The fourth-order valence-corrected chi connectivity index (χ4v) is 3.81. The predicted octanol–water partition coefficient (Wildman–Crippen LogP) is 3.78. The zero-order chi connectivity index (χ0) is 19.9. The van der Waals surface area contributed by atoms with E-state index in [2.05, 4.69) is 0 Å². The molecule has 3 rings (SSSR count). The van der Waals surface area contributed by atoms with Crippen LogP contribution in [0.15, 0.2) is 58.5 Å². The molecule has 1 aromatic heterocycles. The number of hydrogen-bond acceptors (Lipinski definition) is 6. The van der Waals surface area contributed by atoms with Gasteiger partial charge in [-0.2, -0.15) is 0 Å². The standard InChI is InChI=1S/C21H24N2O4S/c1-15(14-25-2)23-20(24)18-6-4-5-7-19(18)22-21(23)28-13-12-27-17-10-8-16(26-3)9-11-17/h4-11,15H,12-14H2,1-3H3/t15-/m1/s1. The summed E-state index contributed by atoms with van der Waals surface area (Å²) in [7, 11) is 3.26. The number of fused-ring (bicyclic) bond motifs is 1. The molecule has 0 aliphatic heterocycles. The zero-order valence-electron chi connectivity index (χ0n) is 16.3. The lowest BCUT2D eigenvalue weighted by atomic mass is 10.2. The van der Waals surface area contributed by atoms with E-state index in [0.29, 0.717) is 35.0 Å². The lowest BCUT2D eigenvalue weighted by Crippen LogP contribution is -2.28. The van der Waals surface area contributed by atoms with E-state index >= 15 is 0 Å². The maximum absolute atomic E-state index is 13.0. The van der Waals surface area contributed by atoms with Gasteiger partial charge >= 0.3 is 0 Å². The first-order valence-corrected chi connectivity index (χ1v) is 10.0. The zero-order valence-corrected chi connectivity index (χ0v) is 17.1. The van der Waals surface area contributed by atoms with Crippen LogP contribution in [0.4, 0.5) is 0 Å². The van der Waals surface area contributed by atoms with E-state index in [1.807, 2.05) is 55.5 Å². The fourth-order valence-electron chi connectivity index (χ4n) is 2.90. The molecule has 0 aliphatic carbocycles. The molecule has 0 amide bonds. The highest BCUT2D eigenvalue weighted by atomic mass is 32.2. The number of aromatic nitrogens is 2. The molecule has 0 spiro atoms. The van der Waals surface area contributed by atoms with Crippen LogP contribution >= 0.6 is 11.8 Å². The third-order valence-corrected chi connectivity index (χ3v) is 5.18. The average Bonchev–Trinajstić information content (AvgIpc) is 2.72. The Morgan fingerprint density at radius 1 is 1.07 bits per heavy atom. The quantitative estimate of drug-likeness (QED) is 0.309. The van der Waals surface area contributed by atoms with Gasteiger partial charge in [0.15, 0.2) is 5.16 Å². The summed E-state index contributed by atoms with van der Waals surface area (Å²) < 4.78 is 17.9. The minimum absolute atomic E-state index is 0.0475. The SMILES string of the molecule is COC[C@@H](C)n1c(SCCOc2ccc(OC)cc2)nc2ccccc2c1=O. The summed E-state index contributed by atoms with van der Waals surface area (Å²) in [5.41, 5.74) is 0.653. The Morgan fingerprint density at radius 2 is 1.79 bits per heavy atom. The van der Waals surface area contributed by atoms with Crippen LogP contribution in [0, 0.1) is 0 Å². The van der Waals surface area contributed by atoms with Crippen molar-refractivity contribution in [2.75, 3.05) is 33.2 Å². The van der Waals surface area contributed by atoms with Gasteiger partial charge in [-0.1, -0.05) is 23.9 Å². The van der Waals surface area contributed by atoms with Gasteiger partial charge in [0.2, 0.25) is 0 Å². The van der Waals surface area contributed by atoms with Crippen LogP contribution in [0.5, 0.6) is 11.5 Å². The van der Waals surface area contributed by atoms with Gasteiger partial charge in [0.25, 0.3) is 5.56 Å². The van der Waals surface area contributed by atoms with E-state index in [1.54, 1.807) is 18.8 Å². The van der Waals surface area contributed by atoms with Crippen molar-refractivity contribution in [2.24, 2.45) is 0 Å². The fraction of sp³-hybridized carbons (Fsp3) is 0.333. The highest BCUT2D eigenvalue weighted by molar-refractivity contribution is 7.99. The molecule has 28 heavy (non-hydrogen) atoms. The number of para-hydroxylation sites is 1. The number of ether oxygens (including phenoxy) is 3. The van der Waals surface area contributed by atoms with Crippen molar-refractivity contribution in [2.45, 2.75) is 18.1 Å². The van der Waals surface area contributed by atoms with E-state index in [9.17, 15) is 4.79 Å². The van der Waals surface area contributed by atoms with Crippen LogP contribution in [0.2, 0.25) is 0 Å². The van der Waals surface area contributed by atoms with Crippen LogP contribution in [0.25, 0.3) is 10.9 Å². The van der Waals surface area contributed by atoms with Crippen molar-refractivity contribution in [1.29, 1.82) is 0 Å². The molecule has 0 saturated carbocycles. The molecule has 7 heteroatoms. The first-order valence-electron chi connectivity index (χ1n) is 9.04. The summed E-state index contributed by atoms with van der Waals surface area (Å²) in [5, 5.41) is 1.29. The van der Waals surface area contributed by atoms with Crippen LogP contribution in [-0.4, -0.2) is 42.7 Å².